The first-order valence-electron chi connectivity index (χ1n) is 12.3. The minimum absolute atomic E-state index is 0.00954. The summed E-state index contributed by atoms with van der Waals surface area (Å²) in [5, 5.41) is 11.7. The van der Waals surface area contributed by atoms with Crippen LogP contribution in [0.5, 0.6) is 17.2 Å². The predicted octanol–water partition coefficient (Wildman–Crippen LogP) is 6.16. The second kappa shape index (κ2) is 11.6. The second-order valence-electron chi connectivity index (χ2n) is 9.09. The molecule has 0 saturated carbocycles. The van der Waals surface area contributed by atoms with Crippen molar-refractivity contribution in [1.82, 2.24) is 4.90 Å². The van der Waals surface area contributed by atoms with Gasteiger partial charge in [0.25, 0.3) is 11.7 Å². The van der Waals surface area contributed by atoms with Crippen LogP contribution in [0.4, 0.5) is 0 Å². The van der Waals surface area contributed by atoms with Gasteiger partial charge in [0.1, 0.15) is 23.0 Å². The van der Waals surface area contributed by atoms with Crippen LogP contribution in [0.3, 0.4) is 0 Å². The first-order valence-corrected chi connectivity index (χ1v) is 12.7. The topological polar surface area (TPSA) is 85.3 Å². The van der Waals surface area contributed by atoms with Gasteiger partial charge in [-0.1, -0.05) is 35.9 Å². The zero-order valence-electron chi connectivity index (χ0n) is 21.7. The molecule has 1 unspecified atom stereocenters. The molecule has 1 aliphatic rings. The molecule has 4 rings (SSSR count). The van der Waals surface area contributed by atoms with E-state index < -0.39 is 17.7 Å². The maximum absolute atomic E-state index is 13.4. The third-order valence-corrected chi connectivity index (χ3v) is 6.44. The van der Waals surface area contributed by atoms with Gasteiger partial charge in [-0.15, -0.1) is 0 Å². The van der Waals surface area contributed by atoms with Gasteiger partial charge in [0.2, 0.25) is 0 Å². The van der Waals surface area contributed by atoms with E-state index in [9.17, 15) is 14.7 Å². The second-order valence-corrected chi connectivity index (χ2v) is 9.50. The molecular formula is C30H30ClNO6. The van der Waals surface area contributed by atoms with Gasteiger partial charge in [0.05, 0.1) is 36.5 Å². The van der Waals surface area contributed by atoms with Crippen LogP contribution in [0.15, 0.2) is 72.3 Å². The molecule has 3 aromatic carbocycles. The number of methoxy groups -OCH3 is 1. The molecule has 198 valence electrons. The lowest BCUT2D eigenvalue weighted by Crippen LogP contribution is -2.29. The van der Waals surface area contributed by atoms with Gasteiger partial charge in [-0.2, -0.15) is 0 Å². The van der Waals surface area contributed by atoms with Crippen LogP contribution in [-0.2, 0) is 16.1 Å². The molecule has 0 bridgehead atoms. The van der Waals surface area contributed by atoms with Crippen molar-refractivity contribution >= 4 is 29.1 Å². The number of likely N-dealkylation sites (tertiary alicyclic amines) is 1. The number of Topliss-reactive ketones (excluding diaryl/α,β-unsaturated/α-hetero) is 1. The van der Waals surface area contributed by atoms with Gasteiger partial charge in [-0.25, -0.2) is 0 Å². The van der Waals surface area contributed by atoms with E-state index in [4.69, 9.17) is 25.8 Å². The Kier molecular flexibility index (Phi) is 8.27. The maximum atomic E-state index is 13.4. The molecule has 1 amide bonds. The molecule has 1 saturated heterocycles. The van der Waals surface area contributed by atoms with Crippen LogP contribution in [0.1, 0.15) is 43.5 Å². The summed E-state index contributed by atoms with van der Waals surface area (Å²) in [6.07, 6.45) is 0.0323. The largest absolute Gasteiger partial charge is 0.507 e. The van der Waals surface area contributed by atoms with E-state index in [-0.39, 0.29) is 24.0 Å². The normalized spacial score (nSPS) is 16.7. The highest BCUT2D eigenvalue weighted by molar-refractivity contribution is 6.46. The SMILES string of the molecule is CCOc1cc(/C(O)=C2/C(=O)C(=O)N(Cc3ccc(OC(C)C)cc3)C2c2ccc(OC)cc2)ccc1Cl. The van der Waals surface area contributed by atoms with E-state index in [0.29, 0.717) is 40.0 Å². The fourth-order valence-electron chi connectivity index (χ4n) is 4.39. The number of hydrogen-bond donors (Lipinski definition) is 1. The van der Waals surface area contributed by atoms with Crippen molar-refractivity contribution in [3.05, 3.63) is 94.0 Å². The van der Waals surface area contributed by atoms with Crippen molar-refractivity contribution in [2.45, 2.75) is 39.5 Å². The number of hydrogen-bond acceptors (Lipinski definition) is 6. The maximum Gasteiger partial charge on any atom is 0.295 e. The number of halogens is 1. The standard InChI is InChI=1S/C30H30ClNO6/c1-5-37-25-16-21(10-15-24(25)31)28(33)26-27(20-8-13-22(36-4)14-9-20)32(30(35)29(26)34)17-19-6-11-23(12-7-19)38-18(2)3/h6-16,18,27,33H,5,17H2,1-4H3/b28-26-. The number of amides is 1. The summed E-state index contributed by atoms with van der Waals surface area (Å²) >= 11 is 6.22. The summed E-state index contributed by atoms with van der Waals surface area (Å²) in [5.74, 6) is -0.0529. The molecule has 1 N–H and O–H groups in total. The average Bonchev–Trinajstić information content (AvgIpc) is 3.15. The lowest BCUT2D eigenvalue weighted by molar-refractivity contribution is -0.140. The Balaban J connectivity index is 1.79. The summed E-state index contributed by atoms with van der Waals surface area (Å²) in [4.78, 5) is 28.2. The highest BCUT2D eigenvalue weighted by Gasteiger charge is 2.46. The third kappa shape index (κ3) is 5.63. The Morgan fingerprint density at radius 1 is 1.00 bits per heavy atom. The molecule has 0 radical (unpaired) electrons. The number of aliphatic hydroxyl groups is 1. The number of rotatable bonds is 9. The average molecular weight is 536 g/mol. The highest BCUT2D eigenvalue weighted by atomic mass is 35.5. The molecule has 1 heterocycles. The molecule has 38 heavy (non-hydrogen) atoms. The predicted molar refractivity (Wildman–Crippen MR) is 146 cm³/mol. The van der Waals surface area contributed by atoms with E-state index in [0.717, 1.165) is 5.56 Å². The van der Waals surface area contributed by atoms with Crippen LogP contribution >= 0.6 is 11.6 Å². The molecule has 1 atom stereocenters. The van der Waals surface area contributed by atoms with Crippen molar-refractivity contribution in [3.8, 4) is 17.2 Å². The molecule has 0 aromatic heterocycles. The van der Waals surface area contributed by atoms with Crippen molar-refractivity contribution in [2.75, 3.05) is 13.7 Å². The first kappa shape index (κ1) is 27.1. The summed E-state index contributed by atoms with van der Waals surface area (Å²) in [5.41, 5.74) is 1.78. The molecule has 1 fully saturated rings. The lowest BCUT2D eigenvalue weighted by atomic mass is 9.95. The number of nitrogens with zero attached hydrogens (tertiary/aromatic N) is 1. The van der Waals surface area contributed by atoms with Gasteiger partial charge >= 0.3 is 0 Å². The molecule has 0 spiro atoms. The Morgan fingerprint density at radius 2 is 1.66 bits per heavy atom. The molecule has 8 heteroatoms. The van der Waals surface area contributed by atoms with Crippen molar-refractivity contribution < 1.29 is 28.9 Å². The van der Waals surface area contributed by atoms with Gasteiger partial charge in [-0.05, 0) is 74.4 Å². The van der Waals surface area contributed by atoms with Crippen LogP contribution in [0.25, 0.3) is 5.76 Å². The number of ketones is 1. The monoisotopic (exact) mass is 535 g/mol. The molecule has 3 aromatic rings. The summed E-state index contributed by atoms with van der Waals surface area (Å²) in [7, 11) is 1.56. The summed E-state index contributed by atoms with van der Waals surface area (Å²) in [6, 6.07) is 18.4. The third-order valence-electron chi connectivity index (χ3n) is 6.12. The van der Waals surface area contributed by atoms with Crippen molar-refractivity contribution in [3.63, 3.8) is 0 Å². The Bertz CT molecular complexity index is 1350. The fourth-order valence-corrected chi connectivity index (χ4v) is 4.56. The van der Waals surface area contributed by atoms with E-state index in [1.807, 2.05) is 45.0 Å². The highest BCUT2D eigenvalue weighted by Crippen LogP contribution is 2.41. The minimum atomic E-state index is -0.821. The number of carbonyl (C=O) groups excluding carboxylic acids is 2. The summed E-state index contributed by atoms with van der Waals surface area (Å²) < 4.78 is 16.6. The zero-order valence-corrected chi connectivity index (χ0v) is 22.5. The van der Waals surface area contributed by atoms with Gasteiger partial charge in [0.15, 0.2) is 0 Å². The van der Waals surface area contributed by atoms with Gasteiger partial charge in [0, 0.05) is 12.1 Å². The number of benzene rings is 3. The van der Waals surface area contributed by atoms with Crippen LogP contribution in [0, 0.1) is 0 Å². The molecule has 7 nitrogen and oxygen atoms in total. The van der Waals surface area contributed by atoms with E-state index in [1.165, 1.54) is 4.90 Å². The van der Waals surface area contributed by atoms with E-state index >= 15 is 0 Å². The molecule has 1 aliphatic heterocycles. The quantitative estimate of drug-likeness (QED) is 0.201. The zero-order chi connectivity index (χ0) is 27.4. The van der Waals surface area contributed by atoms with Crippen molar-refractivity contribution in [1.29, 1.82) is 0 Å². The number of carbonyl (C=O) groups is 2. The molecular weight excluding hydrogens is 506 g/mol. The summed E-state index contributed by atoms with van der Waals surface area (Å²) in [6.45, 7) is 6.24. The van der Waals surface area contributed by atoms with Gasteiger partial charge < -0.3 is 24.2 Å². The van der Waals surface area contributed by atoms with Crippen molar-refractivity contribution in [2.24, 2.45) is 0 Å². The van der Waals surface area contributed by atoms with E-state index in [1.54, 1.807) is 49.6 Å². The first-order chi connectivity index (χ1) is 18.2. The van der Waals surface area contributed by atoms with Crippen LogP contribution in [0.2, 0.25) is 5.02 Å². The van der Waals surface area contributed by atoms with E-state index in [2.05, 4.69) is 0 Å². The van der Waals surface area contributed by atoms with Gasteiger partial charge in [-0.3, -0.25) is 9.59 Å². The Morgan fingerprint density at radius 3 is 2.26 bits per heavy atom. The minimum Gasteiger partial charge on any atom is -0.507 e. The fraction of sp³-hybridized carbons (Fsp3) is 0.267. The lowest BCUT2D eigenvalue weighted by Gasteiger charge is -2.26. The number of aliphatic hydroxyl groups excluding tert-OH is 1. The van der Waals surface area contributed by atoms with Crippen LogP contribution in [-0.4, -0.2) is 41.5 Å². The molecule has 0 aliphatic carbocycles. The number of ether oxygens (including phenoxy) is 3. The Hall–Kier alpha value is -3.97. The van der Waals surface area contributed by atoms with Crippen LogP contribution < -0.4 is 14.2 Å². The Labute approximate surface area is 227 Å². The smallest absolute Gasteiger partial charge is 0.295 e.